The van der Waals surface area contributed by atoms with Crippen LogP contribution in [0.15, 0.2) is 36.2 Å². The molecule has 4 aliphatic rings. The first kappa shape index (κ1) is 29.8. The summed E-state index contributed by atoms with van der Waals surface area (Å²) in [7, 11) is 0. The first-order valence-corrected chi connectivity index (χ1v) is 15.7. The lowest BCUT2D eigenvalue weighted by Gasteiger charge is -2.44. The highest BCUT2D eigenvalue weighted by Gasteiger charge is 2.48. The number of aromatic hydroxyl groups is 1. The minimum absolute atomic E-state index is 0.0207. The van der Waals surface area contributed by atoms with Crippen molar-refractivity contribution in [3.63, 3.8) is 0 Å². The van der Waals surface area contributed by atoms with Gasteiger partial charge in [0.2, 0.25) is 5.88 Å². The van der Waals surface area contributed by atoms with Crippen LogP contribution in [-0.4, -0.2) is 80.1 Å². The normalized spacial score (nSPS) is 26.3. The number of aliphatic hydroxyl groups is 1. The molecule has 2 aromatic carbocycles. The lowest BCUT2D eigenvalue weighted by Crippen LogP contribution is -2.58. The standard InChI is InChI=1S/C35H32F3N5O4/c1-3-22-24(37)7-6-20-12-21(44)13-23(26(20)22)29-28(38)30-27-31(43-11-4-8-34(2,45)25(43)17-46-32(27)39-29)41-33(40-30)47-18-35-9-5-10-42(35)16-19(14-35)15-36/h1,6-7,12-13,15,25,44-45H,4-5,8-11,14,16-18H2,2H3/b19-15-/t25-,34-,35+/m1/s1. The van der Waals surface area contributed by atoms with Gasteiger partial charge in [0.15, 0.2) is 5.82 Å². The molecule has 2 aromatic heterocycles. The summed E-state index contributed by atoms with van der Waals surface area (Å²) < 4.78 is 57.9. The van der Waals surface area contributed by atoms with E-state index in [4.69, 9.17) is 20.9 Å². The lowest BCUT2D eigenvalue weighted by atomic mass is 9.86. The van der Waals surface area contributed by atoms with Crippen LogP contribution in [-0.2, 0) is 0 Å². The second-order valence-corrected chi connectivity index (χ2v) is 13.3. The van der Waals surface area contributed by atoms with Crippen molar-refractivity contribution in [2.75, 3.05) is 37.7 Å². The lowest BCUT2D eigenvalue weighted by molar-refractivity contribution is -0.00713. The third-order valence-electron chi connectivity index (χ3n) is 10.3. The van der Waals surface area contributed by atoms with Crippen molar-refractivity contribution < 1.29 is 32.9 Å². The molecule has 0 saturated carbocycles. The number of phenolic OH excluding ortho intramolecular Hbond substituents is 1. The third-order valence-corrected chi connectivity index (χ3v) is 10.3. The minimum atomic E-state index is -1.15. The summed E-state index contributed by atoms with van der Waals surface area (Å²) in [6.45, 7) is 3.78. The summed E-state index contributed by atoms with van der Waals surface area (Å²) in [5.74, 6) is 0.939. The van der Waals surface area contributed by atoms with Gasteiger partial charge in [-0.15, -0.1) is 6.42 Å². The number of halogens is 3. The number of anilines is 1. The van der Waals surface area contributed by atoms with E-state index in [1.165, 1.54) is 24.3 Å². The Morgan fingerprint density at radius 2 is 1.98 bits per heavy atom. The predicted octanol–water partition coefficient (Wildman–Crippen LogP) is 5.39. The number of pyridine rings is 1. The number of hydrogen-bond donors (Lipinski definition) is 2. The fourth-order valence-corrected chi connectivity index (χ4v) is 8.01. The summed E-state index contributed by atoms with van der Waals surface area (Å²) in [5, 5.41) is 22.8. The number of fused-ring (bicyclic) bond motifs is 4. The molecule has 242 valence electrons. The van der Waals surface area contributed by atoms with Gasteiger partial charge in [0.25, 0.3) is 0 Å². The molecule has 12 heteroatoms. The van der Waals surface area contributed by atoms with E-state index in [0.717, 1.165) is 19.4 Å². The fraction of sp³-hybridized carbons (Fsp3) is 0.400. The van der Waals surface area contributed by atoms with E-state index in [0.29, 0.717) is 55.5 Å². The van der Waals surface area contributed by atoms with Crippen molar-refractivity contribution in [2.45, 2.75) is 56.2 Å². The number of nitrogens with zero attached hydrogens (tertiary/aromatic N) is 5. The van der Waals surface area contributed by atoms with E-state index in [1.54, 1.807) is 6.92 Å². The van der Waals surface area contributed by atoms with Gasteiger partial charge >= 0.3 is 6.01 Å². The number of hydrogen-bond acceptors (Lipinski definition) is 9. The van der Waals surface area contributed by atoms with Gasteiger partial charge in [-0.3, -0.25) is 4.90 Å². The highest BCUT2D eigenvalue weighted by molar-refractivity contribution is 6.04. The summed E-state index contributed by atoms with van der Waals surface area (Å²) in [6.07, 6.45) is 9.81. The quantitative estimate of drug-likeness (QED) is 0.283. The molecule has 0 aliphatic carbocycles. The van der Waals surface area contributed by atoms with E-state index in [-0.39, 0.29) is 64.0 Å². The molecular formula is C35H32F3N5O4. The average Bonchev–Trinajstić information content (AvgIpc) is 3.55. The largest absolute Gasteiger partial charge is 0.508 e. The number of rotatable bonds is 4. The van der Waals surface area contributed by atoms with Gasteiger partial charge in [0.1, 0.15) is 47.2 Å². The second-order valence-electron chi connectivity index (χ2n) is 13.3. The summed E-state index contributed by atoms with van der Waals surface area (Å²) in [5.41, 5.74) is -1.33. The summed E-state index contributed by atoms with van der Waals surface area (Å²) in [4.78, 5) is 18.0. The molecule has 0 unspecified atom stereocenters. The van der Waals surface area contributed by atoms with Crippen molar-refractivity contribution in [2.24, 2.45) is 0 Å². The Kier molecular flexibility index (Phi) is 6.79. The SMILES string of the molecule is C#Cc1c(F)ccc2cc(O)cc(-c3nc4c5c(nc(OC[C@@]67CCCN6C/C(=C\F)C7)nc5c3F)N3CCC[C@@](C)(O)[C@H]3CO4)c12. The molecule has 4 aromatic rings. The number of terminal acetylenes is 1. The van der Waals surface area contributed by atoms with Crippen LogP contribution in [0.2, 0.25) is 0 Å². The van der Waals surface area contributed by atoms with E-state index >= 15 is 4.39 Å². The first-order valence-electron chi connectivity index (χ1n) is 15.7. The van der Waals surface area contributed by atoms with E-state index in [9.17, 15) is 19.0 Å². The minimum Gasteiger partial charge on any atom is -0.508 e. The highest BCUT2D eigenvalue weighted by Crippen LogP contribution is 2.46. The van der Waals surface area contributed by atoms with Gasteiger partial charge in [-0.25, -0.2) is 18.2 Å². The van der Waals surface area contributed by atoms with Gasteiger partial charge in [0, 0.05) is 24.0 Å². The zero-order valence-corrected chi connectivity index (χ0v) is 25.7. The molecule has 47 heavy (non-hydrogen) atoms. The Hall–Kier alpha value is -4.60. The van der Waals surface area contributed by atoms with Crippen molar-refractivity contribution in [1.82, 2.24) is 19.9 Å². The Bertz CT molecular complexity index is 2050. The van der Waals surface area contributed by atoms with Crippen LogP contribution in [0.1, 0.15) is 44.6 Å². The number of ether oxygens (including phenoxy) is 2. The molecule has 8 rings (SSSR count). The maximum absolute atomic E-state index is 17.0. The molecular weight excluding hydrogens is 611 g/mol. The van der Waals surface area contributed by atoms with Crippen LogP contribution in [0, 0.1) is 24.0 Å². The number of benzene rings is 2. The molecule has 9 nitrogen and oxygen atoms in total. The Labute approximate surface area is 268 Å². The maximum Gasteiger partial charge on any atom is 0.319 e. The van der Waals surface area contributed by atoms with Gasteiger partial charge < -0.3 is 24.6 Å². The smallest absolute Gasteiger partial charge is 0.319 e. The van der Waals surface area contributed by atoms with Crippen LogP contribution in [0.25, 0.3) is 32.9 Å². The highest BCUT2D eigenvalue weighted by atomic mass is 19.1. The molecule has 3 saturated heterocycles. The molecule has 0 bridgehead atoms. The van der Waals surface area contributed by atoms with Crippen LogP contribution in [0.3, 0.4) is 0 Å². The van der Waals surface area contributed by atoms with Crippen LogP contribution >= 0.6 is 0 Å². The number of aromatic nitrogens is 3. The molecule has 2 N–H and O–H groups in total. The fourth-order valence-electron chi connectivity index (χ4n) is 8.01. The topological polar surface area (TPSA) is 104 Å². The monoisotopic (exact) mass is 643 g/mol. The molecule has 6 heterocycles. The first-order chi connectivity index (χ1) is 22.6. The maximum atomic E-state index is 17.0. The third kappa shape index (κ3) is 4.58. The molecule has 3 atom stereocenters. The second kappa shape index (κ2) is 10.7. The Balaban J connectivity index is 1.34. The molecule has 0 radical (unpaired) electrons. The Morgan fingerprint density at radius 1 is 1.15 bits per heavy atom. The zero-order chi connectivity index (χ0) is 32.7. The molecule has 4 aliphatic heterocycles. The summed E-state index contributed by atoms with van der Waals surface area (Å²) in [6, 6.07) is 4.70. The van der Waals surface area contributed by atoms with Gasteiger partial charge in [0.05, 0.1) is 29.1 Å². The van der Waals surface area contributed by atoms with Crippen molar-refractivity contribution in [3.8, 4) is 41.2 Å². The molecule has 0 amide bonds. The van der Waals surface area contributed by atoms with Crippen molar-refractivity contribution >= 4 is 27.5 Å². The van der Waals surface area contributed by atoms with E-state index < -0.39 is 28.8 Å². The van der Waals surface area contributed by atoms with Gasteiger partial charge in [-0.2, -0.15) is 9.97 Å². The van der Waals surface area contributed by atoms with Crippen LogP contribution in [0.5, 0.6) is 17.6 Å². The van der Waals surface area contributed by atoms with Gasteiger partial charge in [-0.05, 0) is 74.7 Å². The predicted molar refractivity (Wildman–Crippen MR) is 169 cm³/mol. The van der Waals surface area contributed by atoms with E-state index in [2.05, 4.69) is 20.8 Å². The summed E-state index contributed by atoms with van der Waals surface area (Å²) >= 11 is 0. The van der Waals surface area contributed by atoms with Crippen LogP contribution < -0.4 is 14.4 Å². The molecule has 3 fully saturated rings. The number of piperidine rings is 1. The van der Waals surface area contributed by atoms with Crippen molar-refractivity contribution in [3.05, 3.63) is 53.4 Å². The average molecular weight is 644 g/mol. The van der Waals surface area contributed by atoms with Crippen molar-refractivity contribution in [1.29, 1.82) is 0 Å². The van der Waals surface area contributed by atoms with Gasteiger partial charge in [-0.1, -0.05) is 12.0 Å². The molecule has 0 spiro atoms. The Morgan fingerprint density at radius 3 is 2.79 bits per heavy atom. The van der Waals surface area contributed by atoms with Crippen LogP contribution in [0.4, 0.5) is 19.0 Å². The van der Waals surface area contributed by atoms with E-state index in [1.807, 2.05) is 4.90 Å². The number of phenols is 1. The zero-order valence-electron chi connectivity index (χ0n) is 25.7.